The van der Waals surface area contributed by atoms with Gasteiger partial charge in [0.2, 0.25) is 0 Å². The van der Waals surface area contributed by atoms with Crippen molar-refractivity contribution in [3.8, 4) is 0 Å². The molecule has 3 aromatic rings. The molecular weight excluding hydrogens is 256 g/mol. The lowest BCUT2D eigenvalue weighted by molar-refractivity contribution is 0.103. The molecule has 98 valence electrons. The number of aromatic nitrogens is 2. The molecule has 20 heavy (non-hydrogen) atoms. The smallest absolute Gasteiger partial charge is 0.307 e. The van der Waals surface area contributed by atoms with Gasteiger partial charge in [-0.15, -0.1) is 0 Å². The average Bonchev–Trinajstić information content (AvgIpc) is 2.47. The molecule has 0 bridgehead atoms. The van der Waals surface area contributed by atoms with Gasteiger partial charge in [0.25, 0.3) is 5.56 Å². The molecule has 0 amide bonds. The molecular formula is C15H10N2O3. The van der Waals surface area contributed by atoms with Crippen LogP contribution in [0.15, 0.2) is 58.1 Å². The van der Waals surface area contributed by atoms with Gasteiger partial charge in [-0.3, -0.25) is 14.6 Å². The summed E-state index contributed by atoms with van der Waals surface area (Å²) in [5, 5.41) is 0.284. The van der Waals surface area contributed by atoms with E-state index in [9.17, 15) is 14.4 Å². The zero-order valence-corrected chi connectivity index (χ0v) is 10.3. The Morgan fingerprint density at radius 2 is 1.60 bits per heavy atom. The van der Waals surface area contributed by atoms with E-state index >= 15 is 0 Å². The molecule has 1 aromatic heterocycles. The maximum Gasteiger partial charge on any atom is 0.326 e. The second kappa shape index (κ2) is 4.62. The van der Waals surface area contributed by atoms with Crippen molar-refractivity contribution in [2.24, 2.45) is 0 Å². The molecule has 0 unspecified atom stereocenters. The lowest BCUT2D eigenvalue weighted by atomic mass is 10.0. The van der Waals surface area contributed by atoms with Crippen molar-refractivity contribution >= 4 is 16.7 Å². The first-order valence-corrected chi connectivity index (χ1v) is 6.01. The zero-order chi connectivity index (χ0) is 14.1. The maximum atomic E-state index is 12.3. The molecule has 0 aliphatic heterocycles. The fourth-order valence-corrected chi connectivity index (χ4v) is 2.06. The monoisotopic (exact) mass is 266 g/mol. The second-order valence-corrected chi connectivity index (χ2v) is 4.36. The number of rotatable bonds is 2. The fraction of sp³-hybridized carbons (Fsp3) is 0. The molecule has 0 aliphatic rings. The first-order chi connectivity index (χ1) is 9.65. The Hall–Kier alpha value is -2.95. The van der Waals surface area contributed by atoms with Gasteiger partial charge in [0, 0.05) is 11.1 Å². The van der Waals surface area contributed by atoms with E-state index in [1.807, 2.05) is 6.07 Å². The van der Waals surface area contributed by atoms with Gasteiger partial charge < -0.3 is 4.98 Å². The first-order valence-electron chi connectivity index (χ1n) is 6.01. The Bertz CT molecular complexity index is 908. The molecule has 0 radical (unpaired) electrons. The third-order valence-corrected chi connectivity index (χ3v) is 3.04. The minimum absolute atomic E-state index is 0.168. The van der Waals surface area contributed by atoms with Crippen molar-refractivity contribution in [2.75, 3.05) is 0 Å². The molecule has 5 nitrogen and oxygen atoms in total. The van der Waals surface area contributed by atoms with Crippen LogP contribution in [0.1, 0.15) is 15.9 Å². The number of hydrogen-bond acceptors (Lipinski definition) is 3. The predicted octanol–water partition coefficient (Wildman–Crippen LogP) is 1.45. The van der Waals surface area contributed by atoms with Gasteiger partial charge >= 0.3 is 5.69 Å². The van der Waals surface area contributed by atoms with E-state index < -0.39 is 11.2 Å². The highest BCUT2D eigenvalue weighted by Crippen LogP contribution is 2.13. The van der Waals surface area contributed by atoms with Crippen LogP contribution >= 0.6 is 0 Å². The molecule has 0 spiro atoms. The highest BCUT2D eigenvalue weighted by Gasteiger charge is 2.10. The molecule has 0 saturated carbocycles. The first kappa shape index (κ1) is 12.1. The largest absolute Gasteiger partial charge is 0.326 e. The molecule has 2 aromatic carbocycles. The van der Waals surface area contributed by atoms with Crippen LogP contribution in [0.2, 0.25) is 0 Å². The van der Waals surface area contributed by atoms with Crippen LogP contribution in [-0.4, -0.2) is 15.8 Å². The minimum atomic E-state index is -0.565. The Labute approximate surface area is 112 Å². The summed E-state index contributed by atoms with van der Waals surface area (Å²) in [6.45, 7) is 0. The van der Waals surface area contributed by atoms with Crippen molar-refractivity contribution in [1.29, 1.82) is 0 Å². The van der Waals surface area contributed by atoms with Crippen molar-refractivity contribution in [1.82, 2.24) is 9.97 Å². The molecule has 2 N–H and O–H groups in total. The quantitative estimate of drug-likeness (QED) is 0.688. The minimum Gasteiger partial charge on any atom is -0.307 e. The molecule has 0 aliphatic carbocycles. The summed E-state index contributed by atoms with van der Waals surface area (Å²) in [6, 6.07) is 13.4. The molecule has 1 heterocycles. The number of hydrogen-bond donors (Lipinski definition) is 2. The Balaban J connectivity index is 2.17. The number of ketones is 1. The Kier molecular flexibility index (Phi) is 2.80. The van der Waals surface area contributed by atoms with Crippen molar-refractivity contribution in [2.45, 2.75) is 0 Å². The van der Waals surface area contributed by atoms with Gasteiger partial charge in [-0.2, -0.15) is 0 Å². The van der Waals surface area contributed by atoms with E-state index in [0.29, 0.717) is 16.6 Å². The van der Waals surface area contributed by atoms with Crippen LogP contribution < -0.4 is 11.2 Å². The van der Waals surface area contributed by atoms with E-state index in [4.69, 9.17) is 0 Å². The summed E-state index contributed by atoms with van der Waals surface area (Å²) in [4.78, 5) is 39.8. The highest BCUT2D eigenvalue weighted by molar-refractivity contribution is 6.10. The Morgan fingerprint density at radius 3 is 2.35 bits per heavy atom. The standard InChI is InChI=1S/C15H10N2O3/c18-13(9-4-2-1-3-5-9)10-6-7-12-11(8-10)14(19)17-15(20)16-12/h1-8H,(H2,16,17,19,20). The highest BCUT2D eigenvalue weighted by atomic mass is 16.2. The molecule has 0 saturated heterocycles. The molecule has 3 rings (SSSR count). The van der Waals surface area contributed by atoms with E-state index in [-0.39, 0.29) is 11.2 Å². The number of benzene rings is 2. The van der Waals surface area contributed by atoms with Crippen LogP contribution in [0.25, 0.3) is 10.9 Å². The number of nitrogens with one attached hydrogen (secondary N) is 2. The third kappa shape index (κ3) is 2.05. The van der Waals surface area contributed by atoms with E-state index in [0.717, 1.165) is 0 Å². The van der Waals surface area contributed by atoms with Crippen molar-refractivity contribution in [3.05, 3.63) is 80.5 Å². The number of carbonyl (C=O) groups excluding carboxylic acids is 1. The van der Waals surface area contributed by atoms with Gasteiger partial charge in [-0.05, 0) is 18.2 Å². The van der Waals surface area contributed by atoms with Crippen LogP contribution in [0.3, 0.4) is 0 Å². The maximum absolute atomic E-state index is 12.3. The zero-order valence-electron chi connectivity index (χ0n) is 10.3. The summed E-state index contributed by atoms with van der Waals surface area (Å²) in [6.07, 6.45) is 0. The number of carbonyl (C=O) groups is 1. The lowest BCUT2D eigenvalue weighted by Crippen LogP contribution is -2.22. The van der Waals surface area contributed by atoms with Crippen LogP contribution in [0.5, 0.6) is 0 Å². The molecule has 0 fully saturated rings. The third-order valence-electron chi connectivity index (χ3n) is 3.04. The predicted molar refractivity (Wildman–Crippen MR) is 75.1 cm³/mol. The molecule has 0 atom stereocenters. The SMILES string of the molecule is O=C(c1ccccc1)c1ccc2[nH]c(=O)[nH]c(=O)c2c1. The summed E-state index contributed by atoms with van der Waals surface area (Å²) in [7, 11) is 0. The summed E-state index contributed by atoms with van der Waals surface area (Å²) in [5.74, 6) is -0.168. The van der Waals surface area contributed by atoms with Crippen LogP contribution in [0.4, 0.5) is 0 Å². The summed E-state index contributed by atoms with van der Waals surface area (Å²) in [5.41, 5.74) is 0.286. The second-order valence-electron chi connectivity index (χ2n) is 4.36. The average molecular weight is 266 g/mol. The van der Waals surface area contributed by atoms with Gasteiger partial charge in [0.05, 0.1) is 10.9 Å². The number of aromatic amines is 2. The number of fused-ring (bicyclic) bond motifs is 1. The van der Waals surface area contributed by atoms with Crippen LogP contribution in [0, 0.1) is 0 Å². The van der Waals surface area contributed by atoms with Gasteiger partial charge in [0.15, 0.2) is 5.78 Å². The lowest BCUT2D eigenvalue weighted by Gasteiger charge is -2.02. The van der Waals surface area contributed by atoms with Crippen molar-refractivity contribution in [3.63, 3.8) is 0 Å². The van der Waals surface area contributed by atoms with Crippen molar-refractivity contribution < 1.29 is 4.79 Å². The number of H-pyrrole nitrogens is 2. The van der Waals surface area contributed by atoms with E-state index in [1.54, 1.807) is 36.4 Å². The van der Waals surface area contributed by atoms with E-state index in [2.05, 4.69) is 9.97 Å². The van der Waals surface area contributed by atoms with Gasteiger partial charge in [-0.25, -0.2) is 4.79 Å². The summed E-state index contributed by atoms with van der Waals surface area (Å²) >= 11 is 0. The molecule has 5 heteroatoms. The normalized spacial score (nSPS) is 10.6. The topological polar surface area (TPSA) is 82.8 Å². The summed E-state index contributed by atoms with van der Waals surface area (Å²) < 4.78 is 0. The van der Waals surface area contributed by atoms with Gasteiger partial charge in [0.1, 0.15) is 0 Å². The van der Waals surface area contributed by atoms with Crippen LogP contribution in [-0.2, 0) is 0 Å². The van der Waals surface area contributed by atoms with E-state index in [1.165, 1.54) is 6.07 Å². The fourth-order valence-electron chi connectivity index (χ4n) is 2.06. The Morgan fingerprint density at radius 1 is 0.850 bits per heavy atom. The van der Waals surface area contributed by atoms with Gasteiger partial charge in [-0.1, -0.05) is 30.3 Å².